The lowest BCUT2D eigenvalue weighted by atomic mass is 9.94. The second-order valence-corrected chi connectivity index (χ2v) is 7.02. The zero-order chi connectivity index (χ0) is 12.7. The molecular weight excluding hydrogens is 267 g/mol. The summed E-state index contributed by atoms with van der Waals surface area (Å²) in [4.78, 5) is 0. The molecule has 0 amide bonds. The highest BCUT2D eigenvalue weighted by atomic mass is 35.5. The van der Waals surface area contributed by atoms with Crippen LogP contribution in [-0.4, -0.2) is 30.6 Å². The number of sulfone groups is 1. The maximum atomic E-state index is 13.2. The van der Waals surface area contributed by atoms with Crippen LogP contribution in [0.15, 0.2) is 18.2 Å². The normalized spacial score (nSPS) is 27.2. The molecule has 1 aliphatic rings. The number of halogens is 2. The molecule has 94 valence electrons. The van der Waals surface area contributed by atoms with Gasteiger partial charge < -0.3 is 5.11 Å². The molecule has 1 saturated heterocycles. The lowest BCUT2D eigenvalue weighted by Crippen LogP contribution is -2.32. The molecular formula is C11H12ClFO3S. The van der Waals surface area contributed by atoms with Crippen LogP contribution in [0.4, 0.5) is 4.39 Å². The Morgan fingerprint density at radius 2 is 2.18 bits per heavy atom. The van der Waals surface area contributed by atoms with E-state index in [9.17, 15) is 17.9 Å². The Balaban J connectivity index is 2.25. The van der Waals surface area contributed by atoms with Gasteiger partial charge in [0.1, 0.15) is 5.82 Å². The molecule has 1 heterocycles. The maximum absolute atomic E-state index is 13.2. The van der Waals surface area contributed by atoms with Crippen molar-refractivity contribution in [3.63, 3.8) is 0 Å². The summed E-state index contributed by atoms with van der Waals surface area (Å²) >= 11 is 5.77. The topological polar surface area (TPSA) is 54.4 Å². The van der Waals surface area contributed by atoms with Crippen molar-refractivity contribution >= 4 is 21.4 Å². The van der Waals surface area contributed by atoms with E-state index >= 15 is 0 Å². The lowest BCUT2D eigenvalue weighted by molar-refractivity contribution is 0.0681. The van der Waals surface area contributed by atoms with Gasteiger partial charge in [-0.15, -0.1) is 0 Å². The number of rotatable bonds is 2. The molecule has 1 unspecified atom stereocenters. The van der Waals surface area contributed by atoms with Crippen molar-refractivity contribution in [2.45, 2.75) is 18.4 Å². The predicted molar refractivity (Wildman–Crippen MR) is 63.3 cm³/mol. The Morgan fingerprint density at radius 3 is 2.76 bits per heavy atom. The zero-order valence-corrected chi connectivity index (χ0v) is 10.6. The Labute approximate surface area is 104 Å². The summed E-state index contributed by atoms with van der Waals surface area (Å²) in [6.07, 6.45) is 0.227. The number of aliphatic hydroxyl groups is 1. The predicted octanol–water partition coefficient (Wildman–Crippen LogP) is 1.57. The van der Waals surface area contributed by atoms with Gasteiger partial charge in [0.2, 0.25) is 0 Å². The third kappa shape index (κ3) is 2.78. The largest absolute Gasteiger partial charge is 0.388 e. The molecule has 0 aromatic heterocycles. The Bertz CT molecular complexity index is 544. The molecule has 1 fully saturated rings. The smallest absolute Gasteiger partial charge is 0.153 e. The summed E-state index contributed by atoms with van der Waals surface area (Å²) in [5.74, 6) is -0.878. The van der Waals surface area contributed by atoms with Gasteiger partial charge in [-0.1, -0.05) is 23.7 Å². The van der Waals surface area contributed by atoms with E-state index < -0.39 is 21.3 Å². The highest BCUT2D eigenvalue weighted by molar-refractivity contribution is 7.91. The fourth-order valence-electron chi connectivity index (χ4n) is 2.08. The summed E-state index contributed by atoms with van der Waals surface area (Å²) < 4.78 is 35.8. The van der Waals surface area contributed by atoms with Crippen LogP contribution >= 0.6 is 11.6 Å². The molecule has 2 rings (SSSR count). The summed E-state index contributed by atoms with van der Waals surface area (Å²) in [7, 11) is -3.18. The van der Waals surface area contributed by atoms with E-state index in [0.717, 1.165) is 0 Å². The van der Waals surface area contributed by atoms with E-state index in [4.69, 9.17) is 11.6 Å². The first kappa shape index (κ1) is 12.8. The Hall–Kier alpha value is -0.650. The van der Waals surface area contributed by atoms with Crippen molar-refractivity contribution in [3.8, 4) is 0 Å². The monoisotopic (exact) mass is 278 g/mol. The van der Waals surface area contributed by atoms with E-state index in [1.807, 2.05) is 0 Å². The summed E-state index contributed by atoms with van der Waals surface area (Å²) in [5.41, 5.74) is -0.887. The minimum Gasteiger partial charge on any atom is -0.388 e. The molecule has 1 atom stereocenters. The third-order valence-electron chi connectivity index (χ3n) is 2.92. The second-order valence-electron chi connectivity index (χ2n) is 4.46. The SMILES string of the molecule is O=S1(=O)CCC(O)(Cc2cccc(F)c2Cl)C1. The van der Waals surface area contributed by atoms with Crippen LogP contribution in [0.25, 0.3) is 0 Å². The van der Waals surface area contributed by atoms with Gasteiger partial charge in [-0.3, -0.25) is 0 Å². The molecule has 0 bridgehead atoms. The molecule has 3 nitrogen and oxygen atoms in total. The first-order valence-corrected chi connectivity index (χ1v) is 7.37. The second kappa shape index (κ2) is 4.23. The van der Waals surface area contributed by atoms with E-state index in [2.05, 4.69) is 0 Å². The Kier molecular flexibility index (Phi) is 3.18. The van der Waals surface area contributed by atoms with E-state index in [-0.39, 0.29) is 29.4 Å². The van der Waals surface area contributed by atoms with Crippen molar-refractivity contribution < 1.29 is 17.9 Å². The van der Waals surface area contributed by atoms with Crippen molar-refractivity contribution in [2.75, 3.05) is 11.5 Å². The molecule has 6 heteroatoms. The highest BCUT2D eigenvalue weighted by Crippen LogP contribution is 2.30. The van der Waals surface area contributed by atoms with Gasteiger partial charge in [0.25, 0.3) is 0 Å². The van der Waals surface area contributed by atoms with Crippen molar-refractivity contribution in [1.29, 1.82) is 0 Å². The van der Waals surface area contributed by atoms with E-state index in [0.29, 0.717) is 5.56 Å². The van der Waals surface area contributed by atoms with Crippen LogP contribution in [0.3, 0.4) is 0 Å². The minimum absolute atomic E-state index is 0.0313. The van der Waals surface area contributed by atoms with Gasteiger partial charge in [-0.05, 0) is 18.1 Å². The lowest BCUT2D eigenvalue weighted by Gasteiger charge is -2.21. The zero-order valence-electron chi connectivity index (χ0n) is 8.99. The first-order valence-electron chi connectivity index (χ1n) is 5.17. The molecule has 0 aliphatic carbocycles. The number of hydrogen-bond acceptors (Lipinski definition) is 3. The van der Waals surface area contributed by atoms with Gasteiger partial charge in [0.05, 0.1) is 22.1 Å². The van der Waals surface area contributed by atoms with Gasteiger partial charge in [0.15, 0.2) is 9.84 Å². The molecule has 0 saturated carbocycles. The van der Waals surface area contributed by atoms with Crippen LogP contribution in [0.5, 0.6) is 0 Å². The van der Waals surface area contributed by atoms with Crippen molar-refractivity contribution in [1.82, 2.24) is 0 Å². The minimum atomic E-state index is -3.18. The van der Waals surface area contributed by atoms with Crippen molar-refractivity contribution in [3.05, 3.63) is 34.6 Å². The van der Waals surface area contributed by atoms with E-state index in [1.54, 1.807) is 6.07 Å². The summed E-state index contributed by atoms with van der Waals surface area (Å²) in [6, 6.07) is 4.30. The third-order valence-corrected chi connectivity index (χ3v) is 5.14. The fraction of sp³-hybridized carbons (Fsp3) is 0.455. The highest BCUT2D eigenvalue weighted by Gasteiger charge is 2.40. The maximum Gasteiger partial charge on any atom is 0.153 e. The average molecular weight is 279 g/mol. The molecule has 0 radical (unpaired) electrons. The molecule has 1 aromatic carbocycles. The summed E-state index contributed by atoms with van der Waals surface area (Å²) in [5, 5.41) is 10.1. The number of benzene rings is 1. The van der Waals surface area contributed by atoms with Crippen LogP contribution in [0, 0.1) is 5.82 Å². The van der Waals surface area contributed by atoms with Gasteiger partial charge in [-0.2, -0.15) is 0 Å². The molecule has 1 aliphatic heterocycles. The molecule has 0 spiro atoms. The summed E-state index contributed by atoms with van der Waals surface area (Å²) in [6.45, 7) is 0. The molecule has 1 aromatic rings. The average Bonchev–Trinajstić information content (AvgIpc) is 2.49. The van der Waals surface area contributed by atoms with Crippen LogP contribution in [0.1, 0.15) is 12.0 Å². The van der Waals surface area contributed by atoms with E-state index in [1.165, 1.54) is 12.1 Å². The van der Waals surface area contributed by atoms with Gasteiger partial charge in [0, 0.05) is 6.42 Å². The first-order chi connectivity index (χ1) is 7.81. The fourth-order valence-corrected chi connectivity index (χ4v) is 4.17. The Morgan fingerprint density at radius 1 is 1.47 bits per heavy atom. The van der Waals surface area contributed by atoms with Crippen LogP contribution in [-0.2, 0) is 16.3 Å². The standard InChI is InChI=1S/C11H12ClFO3S/c12-10-8(2-1-3-9(10)13)6-11(14)4-5-17(15,16)7-11/h1-3,14H,4-7H2. The molecule has 17 heavy (non-hydrogen) atoms. The van der Waals surface area contributed by atoms with Crippen LogP contribution < -0.4 is 0 Å². The number of hydrogen-bond donors (Lipinski definition) is 1. The van der Waals surface area contributed by atoms with Gasteiger partial charge >= 0.3 is 0 Å². The quantitative estimate of drug-likeness (QED) is 0.893. The molecule has 1 N–H and O–H groups in total. The van der Waals surface area contributed by atoms with Gasteiger partial charge in [-0.25, -0.2) is 12.8 Å². The van der Waals surface area contributed by atoms with Crippen LogP contribution in [0.2, 0.25) is 5.02 Å². The van der Waals surface area contributed by atoms with Crippen molar-refractivity contribution in [2.24, 2.45) is 0 Å².